The van der Waals surface area contributed by atoms with Crippen LogP contribution in [0.2, 0.25) is 0 Å². The zero-order valence-corrected chi connectivity index (χ0v) is 11.9. The highest BCUT2D eigenvalue weighted by Gasteiger charge is 2.40. The lowest BCUT2D eigenvalue weighted by atomic mass is 9.84. The van der Waals surface area contributed by atoms with E-state index >= 15 is 0 Å². The molecule has 0 aromatic heterocycles. The van der Waals surface area contributed by atoms with Crippen molar-refractivity contribution >= 4 is 5.69 Å². The number of fused-ring (bicyclic) bond motifs is 1. The van der Waals surface area contributed by atoms with Gasteiger partial charge in [0.25, 0.3) is 0 Å². The van der Waals surface area contributed by atoms with E-state index in [1.165, 1.54) is 11.3 Å². The van der Waals surface area contributed by atoms with Crippen molar-refractivity contribution in [3.05, 3.63) is 42.1 Å². The summed E-state index contributed by atoms with van der Waals surface area (Å²) in [6.07, 6.45) is 1.08. The fraction of sp³-hybridized carbons (Fsp3) is 0.500. The van der Waals surface area contributed by atoms with Crippen LogP contribution in [0.25, 0.3) is 0 Å². The topological polar surface area (TPSA) is 12.5 Å². The van der Waals surface area contributed by atoms with Crippen molar-refractivity contribution in [2.24, 2.45) is 0 Å². The molecule has 0 spiro atoms. The molecular weight excluding hydrogens is 222 g/mol. The van der Waals surface area contributed by atoms with Gasteiger partial charge in [0, 0.05) is 23.4 Å². The maximum atomic E-state index is 5.86. The highest BCUT2D eigenvalue weighted by molar-refractivity contribution is 5.70. The Morgan fingerprint density at radius 2 is 2.00 bits per heavy atom. The number of rotatable bonds is 4. The van der Waals surface area contributed by atoms with Crippen molar-refractivity contribution in [2.45, 2.75) is 45.8 Å². The molecule has 0 bridgehead atoms. The minimum absolute atomic E-state index is 0.0135. The normalized spacial score (nSPS) is 18.9. The molecule has 0 radical (unpaired) electrons. The predicted molar refractivity (Wildman–Crippen MR) is 76.8 cm³/mol. The zero-order valence-electron chi connectivity index (χ0n) is 11.9. The van der Waals surface area contributed by atoms with Crippen molar-refractivity contribution < 1.29 is 4.74 Å². The van der Waals surface area contributed by atoms with Crippen LogP contribution in [0.3, 0.4) is 0 Å². The highest BCUT2D eigenvalue weighted by atomic mass is 16.5. The van der Waals surface area contributed by atoms with Gasteiger partial charge >= 0.3 is 0 Å². The molecule has 2 nitrogen and oxygen atoms in total. The SMILES string of the molecule is C=C1N(C(C)OCCC)c2ccccc2C1(C)C. The molecule has 0 saturated carbocycles. The van der Waals surface area contributed by atoms with E-state index in [1.807, 2.05) is 0 Å². The molecule has 0 fully saturated rings. The summed E-state index contributed by atoms with van der Waals surface area (Å²) in [7, 11) is 0. The summed E-state index contributed by atoms with van der Waals surface area (Å²) in [6, 6.07) is 8.51. The Morgan fingerprint density at radius 1 is 1.33 bits per heavy atom. The van der Waals surface area contributed by atoms with Crippen LogP contribution in [0.1, 0.15) is 39.7 Å². The van der Waals surface area contributed by atoms with E-state index in [-0.39, 0.29) is 11.6 Å². The van der Waals surface area contributed by atoms with E-state index in [9.17, 15) is 0 Å². The molecule has 1 aliphatic heterocycles. The van der Waals surface area contributed by atoms with Crippen molar-refractivity contribution in [3.8, 4) is 0 Å². The Morgan fingerprint density at radius 3 is 2.67 bits per heavy atom. The van der Waals surface area contributed by atoms with Crippen molar-refractivity contribution in [2.75, 3.05) is 11.5 Å². The number of nitrogens with zero attached hydrogens (tertiary/aromatic N) is 1. The maximum Gasteiger partial charge on any atom is 0.131 e. The van der Waals surface area contributed by atoms with E-state index in [0.29, 0.717) is 0 Å². The quantitative estimate of drug-likeness (QED) is 0.793. The van der Waals surface area contributed by atoms with E-state index in [2.05, 4.69) is 63.4 Å². The summed E-state index contributed by atoms with van der Waals surface area (Å²) in [5.74, 6) is 0. The van der Waals surface area contributed by atoms with E-state index in [0.717, 1.165) is 18.7 Å². The van der Waals surface area contributed by atoms with Gasteiger partial charge in [-0.15, -0.1) is 0 Å². The minimum atomic E-state index is -0.0135. The van der Waals surface area contributed by atoms with Crippen molar-refractivity contribution in [3.63, 3.8) is 0 Å². The monoisotopic (exact) mass is 245 g/mol. The Kier molecular flexibility index (Phi) is 3.49. The van der Waals surface area contributed by atoms with Crippen molar-refractivity contribution in [1.29, 1.82) is 0 Å². The van der Waals surface area contributed by atoms with E-state index in [1.54, 1.807) is 0 Å². The first kappa shape index (κ1) is 13.2. The minimum Gasteiger partial charge on any atom is -0.358 e. The third kappa shape index (κ3) is 1.95. The summed E-state index contributed by atoms with van der Waals surface area (Å²) in [5.41, 5.74) is 3.67. The molecule has 1 aliphatic rings. The van der Waals surface area contributed by atoms with Crippen LogP contribution in [-0.2, 0) is 10.2 Å². The molecule has 0 aliphatic carbocycles. The number of ether oxygens (including phenoxy) is 1. The zero-order chi connectivity index (χ0) is 13.3. The number of hydrogen-bond donors (Lipinski definition) is 0. The Bertz CT molecular complexity index is 450. The Labute approximate surface area is 110 Å². The Balaban J connectivity index is 2.35. The second-order valence-corrected chi connectivity index (χ2v) is 5.43. The van der Waals surface area contributed by atoms with Gasteiger partial charge < -0.3 is 9.64 Å². The number of allylic oxidation sites excluding steroid dienone is 1. The number of para-hydroxylation sites is 1. The van der Waals surface area contributed by atoms with Gasteiger partial charge in [0.1, 0.15) is 6.23 Å². The molecule has 0 amide bonds. The van der Waals surface area contributed by atoms with Gasteiger partial charge in [-0.25, -0.2) is 0 Å². The summed E-state index contributed by atoms with van der Waals surface area (Å²) in [5, 5.41) is 0. The molecule has 1 atom stereocenters. The highest BCUT2D eigenvalue weighted by Crippen LogP contribution is 2.47. The second-order valence-electron chi connectivity index (χ2n) is 5.43. The predicted octanol–water partition coefficient (Wildman–Crippen LogP) is 4.07. The lowest BCUT2D eigenvalue weighted by molar-refractivity contribution is 0.0681. The molecule has 2 rings (SSSR count). The average Bonchev–Trinajstić information content (AvgIpc) is 2.56. The lowest BCUT2D eigenvalue weighted by Crippen LogP contribution is -2.35. The molecular formula is C16H23NO. The first-order chi connectivity index (χ1) is 8.50. The van der Waals surface area contributed by atoms with Gasteiger partial charge in [0.15, 0.2) is 0 Å². The average molecular weight is 245 g/mol. The lowest BCUT2D eigenvalue weighted by Gasteiger charge is -2.31. The van der Waals surface area contributed by atoms with E-state index < -0.39 is 0 Å². The van der Waals surface area contributed by atoms with Crippen LogP contribution in [0.15, 0.2) is 36.5 Å². The standard InChI is InChI=1S/C16H23NO/c1-6-11-18-13(3)17-12(2)16(4,5)14-9-7-8-10-15(14)17/h7-10,13H,2,6,11H2,1,3-5H3. The number of benzene rings is 1. The molecule has 1 aromatic carbocycles. The summed E-state index contributed by atoms with van der Waals surface area (Å²) >= 11 is 0. The fourth-order valence-corrected chi connectivity index (χ4v) is 2.59. The molecule has 0 saturated heterocycles. The third-order valence-corrected chi connectivity index (χ3v) is 3.78. The number of anilines is 1. The summed E-state index contributed by atoms with van der Waals surface area (Å²) in [4.78, 5) is 2.23. The van der Waals surface area contributed by atoms with E-state index in [4.69, 9.17) is 4.74 Å². The smallest absolute Gasteiger partial charge is 0.131 e. The molecule has 0 N–H and O–H groups in total. The van der Waals surface area contributed by atoms with Crippen LogP contribution < -0.4 is 4.90 Å². The molecule has 2 heteroatoms. The van der Waals surface area contributed by atoms with Crippen LogP contribution in [-0.4, -0.2) is 12.8 Å². The van der Waals surface area contributed by atoms with Crippen LogP contribution >= 0.6 is 0 Å². The van der Waals surface area contributed by atoms with Crippen LogP contribution in [0.4, 0.5) is 5.69 Å². The van der Waals surface area contributed by atoms with Gasteiger partial charge in [-0.3, -0.25) is 0 Å². The van der Waals surface area contributed by atoms with Gasteiger partial charge in [0.05, 0.1) is 0 Å². The first-order valence-electron chi connectivity index (χ1n) is 6.70. The third-order valence-electron chi connectivity index (χ3n) is 3.78. The fourth-order valence-electron chi connectivity index (χ4n) is 2.59. The van der Waals surface area contributed by atoms with Gasteiger partial charge in [-0.1, -0.05) is 45.5 Å². The molecule has 18 heavy (non-hydrogen) atoms. The maximum absolute atomic E-state index is 5.86. The van der Waals surface area contributed by atoms with Crippen LogP contribution in [0.5, 0.6) is 0 Å². The van der Waals surface area contributed by atoms with Gasteiger partial charge in [-0.05, 0) is 25.0 Å². The first-order valence-corrected chi connectivity index (χ1v) is 6.70. The van der Waals surface area contributed by atoms with Gasteiger partial charge in [0.2, 0.25) is 0 Å². The summed E-state index contributed by atoms with van der Waals surface area (Å²) in [6.45, 7) is 13.7. The molecule has 1 heterocycles. The second kappa shape index (κ2) is 4.77. The number of hydrogen-bond acceptors (Lipinski definition) is 2. The van der Waals surface area contributed by atoms with Crippen molar-refractivity contribution in [1.82, 2.24) is 0 Å². The largest absolute Gasteiger partial charge is 0.358 e. The molecule has 98 valence electrons. The van der Waals surface area contributed by atoms with Gasteiger partial charge in [-0.2, -0.15) is 0 Å². The Hall–Kier alpha value is -1.28. The molecule has 1 unspecified atom stereocenters. The van der Waals surface area contributed by atoms with Crippen LogP contribution in [0, 0.1) is 0 Å². The summed E-state index contributed by atoms with van der Waals surface area (Å²) < 4.78 is 5.86. The molecule has 1 aromatic rings.